The zero-order valence-corrected chi connectivity index (χ0v) is 21.4. The number of anilines is 1. The zero-order valence-electron chi connectivity index (χ0n) is 21.4. The minimum absolute atomic E-state index is 0.0699. The van der Waals surface area contributed by atoms with E-state index in [1.165, 1.54) is 4.90 Å². The number of rotatable bonds is 7. The molecule has 1 N–H and O–H groups in total. The second kappa shape index (κ2) is 10.8. The van der Waals surface area contributed by atoms with Crippen molar-refractivity contribution in [1.82, 2.24) is 0 Å². The molecule has 1 fully saturated rings. The Hall–Kier alpha value is -4.64. The van der Waals surface area contributed by atoms with E-state index in [-0.39, 0.29) is 11.3 Å². The minimum atomic E-state index is -0.752. The molecule has 0 bridgehead atoms. The molecule has 38 heavy (non-hydrogen) atoms. The van der Waals surface area contributed by atoms with Crippen LogP contribution in [0.1, 0.15) is 40.8 Å². The van der Waals surface area contributed by atoms with Crippen LogP contribution in [-0.4, -0.2) is 16.8 Å². The van der Waals surface area contributed by atoms with Crippen LogP contribution in [0.2, 0.25) is 0 Å². The predicted octanol–water partition coefficient (Wildman–Crippen LogP) is 6.76. The third kappa shape index (κ3) is 4.83. The first-order chi connectivity index (χ1) is 18.5. The molecule has 1 saturated heterocycles. The maximum absolute atomic E-state index is 13.4. The van der Waals surface area contributed by atoms with Crippen molar-refractivity contribution in [2.24, 2.45) is 0 Å². The average Bonchev–Trinajstić information content (AvgIpc) is 3.23. The number of hydrogen-bond donors (Lipinski definition) is 1. The van der Waals surface area contributed by atoms with Crippen LogP contribution in [0, 0.1) is 6.92 Å². The highest BCUT2D eigenvalue weighted by atomic mass is 16.5. The summed E-state index contributed by atoms with van der Waals surface area (Å²) in [5, 5.41) is 11.5. The standard InChI is InChI=1S/C33H29NO4/c1-3-23-14-16-25(17-15-23)30-29(32(36)33(37)34(30)27-12-8-5-9-13-27)31(35)26-18-19-28(22(2)20-26)38-21-24-10-6-4-7-11-24/h4-20,30,35H,3,21H2,1-2H3/b31-29-. The number of nitrogens with zero attached hydrogens (tertiary/aromatic N) is 1. The summed E-state index contributed by atoms with van der Waals surface area (Å²) in [5.74, 6) is -0.897. The molecule has 1 amide bonds. The molecule has 1 atom stereocenters. The van der Waals surface area contributed by atoms with Gasteiger partial charge in [0, 0.05) is 11.3 Å². The van der Waals surface area contributed by atoms with Crippen LogP contribution < -0.4 is 9.64 Å². The number of aliphatic hydroxyl groups excluding tert-OH is 1. The smallest absolute Gasteiger partial charge is 0.300 e. The van der Waals surface area contributed by atoms with Gasteiger partial charge in [-0.05, 0) is 65.9 Å². The van der Waals surface area contributed by atoms with Gasteiger partial charge in [0.05, 0.1) is 11.6 Å². The lowest BCUT2D eigenvalue weighted by Crippen LogP contribution is -2.29. The number of benzene rings is 4. The molecule has 0 aliphatic carbocycles. The van der Waals surface area contributed by atoms with Crippen molar-refractivity contribution in [2.45, 2.75) is 32.9 Å². The zero-order chi connectivity index (χ0) is 26.6. The number of hydrogen-bond acceptors (Lipinski definition) is 4. The fourth-order valence-electron chi connectivity index (χ4n) is 4.79. The minimum Gasteiger partial charge on any atom is -0.507 e. The normalized spacial score (nSPS) is 16.6. The van der Waals surface area contributed by atoms with E-state index in [1.807, 2.05) is 79.7 Å². The van der Waals surface area contributed by atoms with Gasteiger partial charge in [-0.2, -0.15) is 0 Å². The van der Waals surface area contributed by atoms with Crippen molar-refractivity contribution in [2.75, 3.05) is 4.90 Å². The molecule has 0 spiro atoms. The molecule has 0 saturated carbocycles. The van der Waals surface area contributed by atoms with Crippen molar-refractivity contribution in [3.05, 3.63) is 137 Å². The van der Waals surface area contributed by atoms with Gasteiger partial charge in [0.15, 0.2) is 0 Å². The summed E-state index contributed by atoms with van der Waals surface area (Å²) in [6.45, 7) is 4.38. The SMILES string of the molecule is CCc1ccc(C2/C(=C(/O)c3ccc(OCc4ccccc4)c(C)c3)C(=O)C(=O)N2c2ccccc2)cc1. The number of aryl methyl sites for hydroxylation is 2. The van der Waals surface area contributed by atoms with Gasteiger partial charge in [0.2, 0.25) is 0 Å². The lowest BCUT2D eigenvalue weighted by atomic mass is 9.94. The van der Waals surface area contributed by atoms with Gasteiger partial charge in [-0.15, -0.1) is 0 Å². The first kappa shape index (κ1) is 25.0. The number of carbonyl (C=O) groups is 2. The van der Waals surface area contributed by atoms with E-state index in [0.29, 0.717) is 23.6 Å². The van der Waals surface area contributed by atoms with E-state index in [9.17, 15) is 14.7 Å². The van der Waals surface area contributed by atoms with E-state index < -0.39 is 17.7 Å². The molecule has 5 rings (SSSR count). The predicted molar refractivity (Wildman–Crippen MR) is 149 cm³/mol. The number of amides is 1. The Kier molecular flexibility index (Phi) is 7.09. The van der Waals surface area contributed by atoms with E-state index in [0.717, 1.165) is 28.7 Å². The summed E-state index contributed by atoms with van der Waals surface area (Å²) in [6.07, 6.45) is 0.872. The van der Waals surface area contributed by atoms with E-state index >= 15 is 0 Å². The summed E-state index contributed by atoms with van der Waals surface area (Å²) in [7, 11) is 0. The number of para-hydroxylation sites is 1. The molecular formula is C33H29NO4. The first-order valence-corrected chi connectivity index (χ1v) is 12.7. The van der Waals surface area contributed by atoms with Crippen LogP contribution in [-0.2, 0) is 22.6 Å². The van der Waals surface area contributed by atoms with E-state index in [2.05, 4.69) is 6.92 Å². The summed E-state index contributed by atoms with van der Waals surface area (Å²) in [5.41, 5.74) is 4.88. The highest BCUT2D eigenvalue weighted by molar-refractivity contribution is 6.51. The molecule has 0 aromatic heterocycles. The Morgan fingerprint density at radius 2 is 1.50 bits per heavy atom. The largest absolute Gasteiger partial charge is 0.507 e. The van der Waals surface area contributed by atoms with E-state index in [4.69, 9.17) is 4.74 Å². The van der Waals surface area contributed by atoms with Crippen LogP contribution >= 0.6 is 0 Å². The quantitative estimate of drug-likeness (QED) is 0.172. The van der Waals surface area contributed by atoms with Crippen LogP contribution in [0.15, 0.2) is 109 Å². The maximum Gasteiger partial charge on any atom is 0.300 e. The first-order valence-electron chi connectivity index (χ1n) is 12.7. The summed E-state index contributed by atoms with van der Waals surface area (Å²) in [6, 6.07) is 31.3. The van der Waals surface area contributed by atoms with Gasteiger partial charge >= 0.3 is 0 Å². The topological polar surface area (TPSA) is 66.8 Å². The highest BCUT2D eigenvalue weighted by Crippen LogP contribution is 2.42. The molecular weight excluding hydrogens is 474 g/mol. The summed E-state index contributed by atoms with van der Waals surface area (Å²) in [4.78, 5) is 28.2. The molecule has 0 radical (unpaired) electrons. The fourth-order valence-corrected chi connectivity index (χ4v) is 4.79. The van der Waals surface area contributed by atoms with Gasteiger partial charge < -0.3 is 9.84 Å². The molecule has 1 aliphatic heterocycles. The molecule has 1 unspecified atom stereocenters. The number of ketones is 1. The second-order valence-corrected chi connectivity index (χ2v) is 9.35. The molecule has 1 heterocycles. The average molecular weight is 504 g/mol. The Labute approximate surface area is 222 Å². The van der Waals surface area contributed by atoms with E-state index in [1.54, 1.807) is 30.3 Å². The van der Waals surface area contributed by atoms with Crippen molar-refractivity contribution in [3.63, 3.8) is 0 Å². The van der Waals surface area contributed by atoms with Crippen LogP contribution in [0.25, 0.3) is 5.76 Å². The van der Waals surface area contributed by atoms with Gasteiger partial charge in [0.25, 0.3) is 11.7 Å². The van der Waals surface area contributed by atoms with Gasteiger partial charge in [-0.3, -0.25) is 14.5 Å². The lowest BCUT2D eigenvalue weighted by Gasteiger charge is -2.25. The summed E-state index contributed by atoms with van der Waals surface area (Å²) < 4.78 is 5.98. The van der Waals surface area contributed by atoms with Crippen molar-refractivity contribution >= 4 is 23.1 Å². The molecule has 4 aromatic rings. The maximum atomic E-state index is 13.4. The van der Waals surface area contributed by atoms with Gasteiger partial charge in [0.1, 0.15) is 18.1 Å². The van der Waals surface area contributed by atoms with Crippen molar-refractivity contribution in [3.8, 4) is 5.75 Å². The van der Waals surface area contributed by atoms with Crippen molar-refractivity contribution < 1.29 is 19.4 Å². The lowest BCUT2D eigenvalue weighted by molar-refractivity contribution is -0.132. The van der Waals surface area contributed by atoms with Crippen LogP contribution in [0.4, 0.5) is 5.69 Å². The Morgan fingerprint density at radius 3 is 2.13 bits per heavy atom. The second-order valence-electron chi connectivity index (χ2n) is 9.35. The molecule has 4 aromatic carbocycles. The van der Waals surface area contributed by atoms with Crippen molar-refractivity contribution in [1.29, 1.82) is 0 Å². The summed E-state index contributed by atoms with van der Waals surface area (Å²) >= 11 is 0. The van der Waals surface area contributed by atoms with Crippen LogP contribution in [0.5, 0.6) is 5.75 Å². The monoisotopic (exact) mass is 503 g/mol. The van der Waals surface area contributed by atoms with Gasteiger partial charge in [-0.25, -0.2) is 0 Å². The van der Waals surface area contributed by atoms with Crippen LogP contribution in [0.3, 0.4) is 0 Å². The molecule has 1 aliphatic rings. The molecule has 190 valence electrons. The Balaban J connectivity index is 1.55. The fraction of sp³-hybridized carbons (Fsp3) is 0.152. The highest BCUT2D eigenvalue weighted by Gasteiger charge is 2.46. The molecule has 5 nitrogen and oxygen atoms in total. The third-order valence-corrected chi connectivity index (χ3v) is 6.87. The Morgan fingerprint density at radius 1 is 0.842 bits per heavy atom. The molecule has 5 heteroatoms. The number of ether oxygens (including phenoxy) is 1. The number of Topliss-reactive ketones (excluding diaryl/α,β-unsaturated/α-hetero) is 1. The number of carbonyl (C=O) groups excluding carboxylic acids is 2. The third-order valence-electron chi connectivity index (χ3n) is 6.87. The van der Waals surface area contributed by atoms with Gasteiger partial charge in [-0.1, -0.05) is 79.7 Å². The Bertz CT molecular complexity index is 1490. The number of aliphatic hydroxyl groups is 1.